The van der Waals surface area contributed by atoms with Crippen LogP contribution in [0.15, 0.2) is 0 Å². The van der Waals surface area contributed by atoms with Crippen molar-refractivity contribution in [1.29, 1.82) is 0 Å². The first-order valence-electron chi connectivity index (χ1n) is 6.33. The van der Waals surface area contributed by atoms with E-state index in [4.69, 9.17) is 9.84 Å². The maximum atomic E-state index is 11.6. The van der Waals surface area contributed by atoms with Gasteiger partial charge in [0.15, 0.2) is 0 Å². The Morgan fingerprint density at radius 1 is 1.44 bits per heavy atom. The summed E-state index contributed by atoms with van der Waals surface area (Å²) in [5.74, 6) is -1.10. The Labute approximate surface area is 107 Å². The summed E-state index contributed by atoms with van der Waals surface area (Å²) in [6, 6.07) is -0.298. The third-order valence-electron chi connectivity index (χ3n) is 3.31. The molecule has 104 valence electrons. The molecule has 0 radical (unpaired) electrons. The van der Waals surface area contributed by atoms with Gasteiger partial charge in [-0.1, -0.05) is 6.42 Å². The summed E-state index contributed by atoms with van der Waals surface area (Å²) in [6.45, 7) is 2.30. The summed E-state index contributed by atoms with van der Waals surface area (Å²) < 4.78 is 5.02. The molecule has 1 aliphatic carbocycles. The van der Waals surface area contributed by atoms with E-state index in [-0.39, 0.29) is 24.1 Å². The third kappa shape index (κ3) is 4.91. The van der Waals surface area contributed by atoms with E-state index in [9.17, 15) is 9.59 Å². The number of carboxylic acids is 1. The van der Waals surface area contributed by atoms with Crippen LogP contribution in [0.1, 0.15) is 32.6 Å². The second-order valence-electron chi connectivity index (χ2n) is 4.80. The van der Waals surface area contributed by atoms with Crippen LogP contribution in [-0.4, -0.2) is 42.9 Å². The maximum Gasteiger partial charge on any atom is 0.315 e. The highest BCUT2D eigenvalue weighted by Crippen LogP contribution is 2.24. The number of aliphatic carboxylic acids is 1. The molecule has 0 heterocycles. The number of hydrogen-bond donors (Lipinski definition) is 3. The number of amides is 2. The van der Waals surface area contributed by atoms with Gasteiger partial charge in [-0.05, 0) is 26.2 Å². The second-order valence-corrected chi connectivity index (χ2v) is 4.80. The molecule has 3 N–H and O–H groups in total. The van der Waals surface area contributed by atoms with Crippen molar-refractivity contribution in [2.75, 3.05) is 13.7 Å². The van der Waals surface area contributed by atoms with Gasteiger partial charge in [-0.15, -0.1) is 0 Å². The highest BCUT2D eigenvalue weighted by atomic mass is 16.5. The molecule has 1 saturated carbocycles. The van der Waals surface area contributed by atoms with Crippen molar-refractivity contribution in [3.63, 3.8) is 0 Å². The highest BCUT2D eigenvalue weighted by Gasteiger charge is 2.27. The van der Waals surface area contributed by atoms with E-state index in [1.165, 1.54) is 0 Å². The predicted molar refractivity (Wildman–Crippen MR) is 66.4 cm³/mol. The zero-order chi connectivity index (χ0) is 13.5. The van der Waals surface area contributed by atoms with Gasteiger partial charge in [-0.2, -0.15) is 0 Å². The van der Waals surface area contributed by atoms with E-state index in [0.29, 0.717) is 19.4 Å². The largest absolute Gasteiger partial charge is 0.481 e. The van der Waals surface area contributed by atoms with Crippen molar-refractivity contribution in [2.45, 2.75) is 44.8 Å². The first-order valence-corrected chi connectivity index (χ1v) is 6.33. The van der Waals surface area contributed by atoms with Gasteiger partial charge in [-0.25, -0.2) is 4.79 Å². The Hall–Kier alpha value is -1.30. The number of rotatable bonds is 5. The fraction of sp³-hybridized carbons (Fsp3) is 0.833. The number of hydrogen-bond acceptors (Lipinski definition) is 3. The Balaban J connectivity index is 2.29. The van der Waals surface area contributed by atoms with Crippen LogP contribution >= 0.6 is 0 Å². The molecule has 0 aliphatic heterocycles. The first-order chi connectivity index (χ1) is 8.52. The Kier molecular flexibility index (Phi) is 5.91. The number of nitrogens with one attached hydrogen (secondary N) is 2. The summed E-state index contributed by atoms with van der Waals surface area (Å²) >= 11 is 0. The number of ether oxygens (including phenoxy) is 1. The Morgan fingerprint density at radius 3 is 2.78 bits per heavy atom. The van der Waals surface area contributed by atoms with Crippen molar-refractivity contribution in [3.8, 4) is 0 Å². The van der Waals surface area contributed by atoms with Gasteiger partial charge in [0.25, 0.3) is 0 Å². The van der Waals surface area contributed by atoms with Crippen molar-refractivity contribution < 1.29 is 19.4 Å². The Bertz CT molecular complexity index is 296. The smallest absolute Gasteiger partial charge is 0.315 e. The van der Waals surface area contributed by atoms with Crippen molar-refractivity contribution in [2.24, 2.45) is 5.92 Å². The van der Waals surface area contributed by atoms with Gasteiger partial charge >= 0.3 is 12.0 Å². The zero-order valence-electron chi connectivity index (χ0n) is 10.9. The summed E-state index contributed by atoms with van der Waals surface area (Å²) in [5, 5.41) is 14.5. The van der Waals surface area contributed by atoms with Gasteiger partial charge in [0, 0.05) is 19.7 Å². The summed E-state index contributed by atoms with van der Waals surface area (Å²) in [4.78, 5) is 22.5. The lowest BCUT2D eigenvalue weighted by Crippen LogP contribution is -2.46. The van der Waals surface area contributed by atoms with Gasteiger partial charge in [0.1, 0.15) is 0 Å². The quantitative estimate of drug-likeness (QED) is 0.685. The molecular formula is C12H22N2O4. The van der Waals surface area contributed by atoms with E-state index >= 15 is 0 Å². The van der Waals surface area contributed by atoms with E-state index in [1.807, 2.05) is 6.92 Å². The summed E-state index contributed by atoms with van der Waals surface area (Å²) in [5.41, 5.74) is 0. The Morgan fingerprint density at radius 2 is 2.17 bits per heavy atom. The van der Waals surface area contributed by atoms with Crippen molar-refractivity contribution >= 4 is 12.0 Å². The van der Waals surface area contributed by atoms with Crippen molar-refractivity contribution in [1.82, 2.24) is 10.6 Å². The van der Waals surface area contributed by atoms with Crippen molar-refractivity contribution in [3.05, 3.63) is 0 Å². The molecule has 1 fully saturated rings. The van der Waals surface area contributed by atoms with Crippen LogP contribution in [0, 0.1) is 5.92 Å². The number of carbonyl (C=O) groups excluding carboxylic acids is 1. The molecule has 0 bridgehead atoms. The molecule has 6 nitrogen and oxygen atoms in total. The first kappa shape index (κ1) is 14.8. The van der Waals surface area contributed by atoms with Gasteiger partial charge in [-0.3, -0.25) is 4.79 Å². The molecule has 0 aromatic heterocycles. The number of methoxy groups -OCH3 is 1. The zero-order valence-corrected chi connectivity index (χ0v) is 10.9. The molecule has 3 atom stereocenters. The van der Waals surface area contributed by atoms with Crippen LogP contribution < -0.4 is 10.6 Å². The molecule has 0 aromatic carbocycles. The molecule has 2 amide bonds. The number of urea groups is 1. The molecule has 0 aromatic rings. The SMILES string of the molecule is COC(C)CNC(=O)NC1CCCC(C(=O)O)C1. The molecule has 0 saturated heterocycles. The number of carbonyl (C=O) groups is 2. The van der Waals surface area contributed by atoms with Gasteiger partial charge in [0.2, 0.25) is 0 Å². The maximum absolute atomic E-state index is 11.6. The van der Waals surface area contributed by atoms with E-state index < -0.39 is 5.97 Å². The number of carboxylic acid groups (broad SMARTS) is 1. The van der Waals surface area contributed by atoms with E-state index in [0.717, 1.165) is 12.8 Å². The minimum atomic E-state index is -0.769. The van der Waals surface area contributed by atoms with Crippen LogP contribution in [0.4, 0.5) is 4.79 Å². The fourth-order valence-electron chi connectivity index (χ4n) is 2.10. The molecule has 18 heavy (non-hydrogen) atoms. The molecular weight excluding hydrogens is 236 g/mol. The van der Waals surface area contributed by atoms with E-state index in [2.05, 4.69) is 10.6 Å². The fourth-order valence-corrected chi connectivity index (χ4v) is 2.10. The third-order valence-corrected chi connectivity index (χ3v) is 3.31. The minimum Gasteiger partial charge on any atom is -0.481 e. The minimum absolute atomic E-state index is 0.0335. The monoisotopic (exact) mass is 258 g/mol. The van der Waals surface area contributed by atoms with Gasteiger partial charge < -0.3 is 20.5 Å². The molecule has 1 rings (SSSR count). The normalized spacial score (nSPS) is 25.2. The lowest BCUT2D eigenvalue weighted by atomic mass is 9.86. The highest BCUT2D eigenvalue weighted by molar-refractivity contribution is 5.74. The van der Waals surface area contributed by atoms with E-state index in [1.54, 1.807) is 7.11 Å². The van der Waals surface area contributed by atoms with Gasteiger partial charge in [0.05, 0.1) is 12.0 Å². The molecule has 1 aliphatic rings. The van der Waals surface area contributed by atoms with Crippen LogP contribution in [0.25, 0.3) is 0 Å². The van der Waals surface area contributed by atoms with Crippen LogP contribution in [0.2, 0.25) is 0 Å². The summed E-state index contributed by atoms with van der Waals surface area (Å²) in [6.07, 6.45) is 2.88. The average Bonchev–Trinajstić information content (AvgIpc) is 2.36. The average molecular weight is 258 g/mol. The molecule has 3 unspecified atom stereocenters. The second kappa shape index (κ2) is 7.20. The molecule has 0 spiro atoms. The lowest BCUT2D eigenvalue weighted by Gasteiger charge is -2.27. The van der Waals surface area contributed by atoms with Crippen LogP contribution in [0.3, 0.4) is 0 Å². The van der Waals surface area contributed by atoms with Crippen LogP contribution in [0.5, 0.6) is 0 Å². The molecule has 6 heteroatoms. The lowest BCUT2D eigenvalue weighted by molar-refractivity contribution is -0.143. The standard InChI is InChI=1S/C12H22N2O4/c1-8(18-2)7-13-12(17)14-10-5-3-4-9(6-10)11(15)16/h8-10H,3-7H2,1-2H3,(H,15,16)(H2,13,14,17). The van der Waals surface area contributed by atoms with Crippen LogP contribution in [-0.2, 0) is 9.53 Å². The topological polar surface area (TPSA) is 87.7 Å². The summed E-state index contributed by atoms with van der Waals surface area (Å²) in [7, 11) is 1.59. The predicted octanol–water partition coefficient (Wildman–Crippen LogP) is 0.964.